The summed E-state index contributed by atoms with van der Waals surface area (Å²) in [5.41, 5.74) is -1.01. The van der Waals surface area contributed by atoms with E-state index in [0.717, 1.165) is 6.07 Å². The molecule has 0 unspecified atom stereocenters. The fourth-order valence-corrected chi connectivity index (χ4v) is 1.03. The Labute approximate surface area is 90.9 Å². The molecule has 1 rings (SSSR count). The van der Waals surface area contributed by atoms with Crippen LogP contribution in [0.2, 0.25) is 0 Å². The largest absolute Gasteiger partial charge is 0.478 e. The van der Waals surface area contributed by atoms with Gasteiger partial charge in [-0.15, -0.1) is 0 Å². The summed E-state index contributed by atoms with van der Waals surface area (Å²) >= 11 is 0. The van der Waals surface area contributed by atoms with Gasteiger partial charge in [0.2, 0.25) is 11.8 Å². The Bertz CT molecular complexity index is 330. The number of anilines is 1. The van der Waals surface area contributed by atoms with Gasteiger partial charge in [0, 0.05) is 12.6 Å². The van der Waals surface area contributed by atoms with Crippen molar-refractivity contribution in [3.05, 3.63) is 11.8 Å². The molecule has 0 atom stereocenters. The smallest absolute Gasteiger partial charge is 0.433 e. The van der Waals surface area contributed by atoms with Crippen molar-refractivity contribution >= 4 is 5.95 Å². The summed E-state index contributed by atoms with van der Waals surface area (Å²) < 4.78 is 42.3. The van der Waals surface area contributed by atoms with Crippen molar-refractivity contribution in [2.45, 2.75) is 20.0 Å². The van der Waals surface area contributed by atoms with Crippen molar-refractivity contribution in [1.29, 1.82) is 0 Å². The Morgan fingerprint density at radius 2 is 2.00 bits per heavy atom. The Morgan fingerprint density at radius 3 is 2.50 bits per heavy atom. The maximum atomic E-state index is 12.5. The van der Waals surface area contributed by atoms with Crippen LogP contribution in [0.1, 0.15) is 19.5 Å². The lowest BCUT2D eigenvalue weighted by atomic mass is 10.4. The van der Waals surface area contributed by atoms with Crippen LogP contribution in [0.15, 0.2) is 6.07 Å². The molecular weight excluding hydrogens is 223 g/mol. The first-order valence-electron chi connectivity index (χ1n) is 4.80. The molecule has 4 nitrogen and oxygen atoms in total. The molecule has 0 amide bonds. The van der Waals surface area contributed by atoms with Gasteiger partial charge in [-0.25, -0.2) is 4.98 Å². The number of halogens is 3. The van der Waals surface area contributed by atoms with Crippen molar-refractivity contribution < 1.29 is 17.9 Å². The molecule has 16 heavy (non-hydrogen) atoms. The van der Waals surface area contributed by atoms with E-state index in [4.69, 9.17) is 4.74 Å². The van der Waals surface area contributed by atoms with Crippen molar-refractivity contribution in [3.8, 4) is 5.88 Å². The van der Waals surface area contributed by atoms with Crippen LogP contribution in [-0.4, -0.2) is 23.1 Å². The molecule has 0 aliphatic heterocycles. The van der Waals surface area contributed by atoms with Gasteiger partial charge in [0.1, 0.15) is 0 Å². The van der Waals surface area contributed by atoms with E-state index in [1.807, 2.05) is 0 Å². The Balaban J connectivity index is 3.08. The number of nitrogens with zero attached hydrogens (tertiary/aromatic N) is 2. The highest BCUT2D eigenvalue weighted by Gasteiger charge is 2.33. The maximum absolute atomic E-state index is 12.5. The number of hydrogen-bond donors (Lipinski definition) is 1. The minimum absolute atomic E-state index is 0.0826. The summed E-state index contributed by atoms with van der Waals surface area (Å²) in [6.45, 7) is 4.10. The first-order chi connectivity index (χ1) is 7.47. The van der Waals surface area contributed by atoms with Crippen LogP contribution >= 0.6 is 0 Å². The third-order valence-corrected chi connectivity index (χ3v) is 1.62. The number of alkyl halides is 3. The Kier molecular flexibility index (Phi) is 3.92. The van der Waals surface area contributed by atoms with Gasteiger partial charge in [-0.2, -0.15) is 18.2 Å². The molecule has 0 saturated carbocycles. The maximum Gasteiger partial charge on any atom is 0.433 e. The third-order valence-electron chi connectivity index (χ3n) is 1.62. The molecule has 0 aliphatic carbocycles. The molecule has 0 aliphatic rings. The second-order valence-corrected chi connectivity index (χ2v) is 2.88. The Morgan fingerprint density at radius 1 is 1.31 bits per heavy atom. The highest BCUT2D eigenvalue weighted by molar-refractivity contribution is 5.31. The molecule has 0 fully saturated rings. The summed E-state index contributed by atoms with van der Waals surface area (Å²) in [4.78, 5) is 7.13. The molecule has 1 N–H and O–H groups in total. The fourth-order valence-electron chi connectivity index (χ4n) is 1.03. The van der Waals surface area contributed by atoms with E-state index in [9.17, 15) is 13.2 Å². The molecule has 0 radical (unpaired) electrons. The number of ether oxygens (including phenoxy) is 1. The quantitative estimate of drug-likeness (QED) is 0.870. The lowest BCUT2D eigenvalue weighted by molar-refractivity contribution is -0.141. The molecule has 90 valence electrons. The normalized spacial score (nSPS) is 11.3. The van der Waals surface area contributed by atoms with Gasteiger partial charge < -0.3 is 10.1 Å². The Hall–Kier alpha value is -1.53. The summed E-state index contributed by atoms with van der Waals surface area (Å²) in [6, 6.07) is 0.782. The van der Waals surface area contributed by atoms with Crippen molar-refractivity contribution in [2.75, 3.05) is 18.5 Å². The van der Waals surface area contributed by atoms with Crippen molar-refractivity contribution in [1.82, 2.24) is 9.97 Å². The zero-order valence-corrected chi connectivity index (χ0v) is 8.93. The number of hydrogen-bond acceptors (Lipinski definition) is 4. The number of nitrogens with one attached hydrogen (secondary N) is 1. The zero-order chi connectivity index (χ0) is 12.2. The molecule has 0 aromatic carbocycles. The van der Waals surface area contributed by atoms with Gasteiger partial charge in [-0.05, 0) is 13.8 Å². The van der Waals surface area contributed by atoms with Gasteiger partial charge in [-0.3, -0.25) is 0 Å². The van der Waals surface area contributed by atoms with E-state index >= 15 is 0 Å². The van der Waals surface area contributed by atoms with Crippen LogP contribution < -0.4 is 10.1 Å². The van der Waals surface area contributed by atoms with Gasteiger partial charge in [0.25, 0.3) is 0 Å². The molecule has 0 spiro atoms. The van der Waals surface area contributed by atoms with Crippen LogP contribution in [0.4, 0.5) is 19.1 Å². The van der Waals surface area contributed by atoms with Crippen LogP contribution in [-0.2, 0) is 6.18 Å². The van der Waals surface area contributed by atoms with Crippen LogP contribution in [0.3, 0.4) is 0 Å². The van der Waals surface area contributed by atoms with E-state index < -0.39 is 11.9 Å². The lowest BCUT2D eigenvalue weighted by Crippen LogP contribution is -2.13. The van der Waals surface area contributed by atoms with Crippen molar-refractivity contribution in [2.24, 2.45) is 0 Å². The first-order valence-corrected chi connectivity index (χ1v) is 4.80. The third kappa shape index (κ3) is 3.25. The minimum atomic E-state index is -4.50. The topological polar surface area (TPSA) is 47.0 Å². The summed E-state index contributed by atoms with van der Waals surface area (Å²) in [6.07, 6.45) is -4.50. The standard InChI is InChI=1S/C9H12F3N3O/c1-3-13-8-14-6(9(10,11)12)5-7(15-8)16-4-2/h5H,3-4H2,1-2H3,(H,13,14,15). The van der Waals surface area contributed by atoms with Gasteiger partial charge in [0.05, 0.1) is 6.61 Å². The first kappa shape index (κ1) is 12.5. The molecule has 0 saturated heterocycles. The van der Waals surface area contributed by atoms with E-state index in [2.05, 4.69) is 15.3 Å². The number of aromatic nitrogens is 2. The SMILES string of the molecule is CCNc1nc(OCC)cc(C(F)(F)F)n1. The zero-order valence-electron chi connectivity index (χ0n) is 8.93. The summed E-state index contributed by atoms with van der Waals surface area (Å²) in [5.74, 6) is -0.165. The predicted molar refractivity (Wildman–Crippen MR) is 52.4 cm³/mol. The highest BCUT2D eigenvalue weighted by atomic mass is 19.4. The van der Waals surface area contributed by atoms with E-state index in [1.165, 1.54) is 0 Å². The molecule has 1 aromatic rings. The molecule has 1 aromatic heterocycles. The monoisotopic (exact) mass is 235 g/mol. The molecule has 1 heterocycles. The number of rotatable bonds is 4. The van der Waals surface area contributed by atoms with Crippen LogP contribution in [0.25, 0.3) is 0 Å². The van der Waals surface area contributed by atoms with Crippen LogP contribution in [0.5, 0.6) is 5.88 Å². The van der Waals surface area contributed by atoms with Gasteiger partial charge >= 0.3 is 6.18 Å². The summed E-state index contributed by atoms with van der Waals surface area (Å²) in [7, 11) is 0. The van der Waals surface area contributed by atoms with Crippen LogP contribution in [0, 0.1) is 0 Å². The molecule has 7 heteroatoms. The predicted octanol–water partition coefficient (Wildman–Crippen LogP) is 2.33. The summed E-state index contributed by atoms with van der Waals surface area (Å²) in [5, 5.41) is 2.62. The van der Waals surface area contributed by atoms with Crippen molar-refractivity contribution in [3.63, 3.8) is 0 Å². The lowest BCUT2D eigenvalue weighted by Gasteiger charge is -2.10. The molecular formula is C9H12F3N3O. The second kappa shape index (κ2) is 5.00. The second-order valence-electron chi connectivity index (χ2n) is 2.88. The average molecular weight is 235 g/mol. The average Bonchev–Trinajstić information content (AvgIpc) is 2.17. The van der Waals surface area contributed by atoms with E-state index in [0.29, 0.717) is 6.54 Å². The fraction of sp³-hybridized carbons (Fsp3) is 0.556. The van der Waals surface area contributed by atoms with E-state index in [-0.39, 0.29) is 18.4 Å². The highest BCUT2D eigenvalue weighted by Crippen LogP contribution is 2.30. The van der Waals surface area contributed by atoms with Gasteiger partial charge in [0.15, 0.2) is 5.69 Å². The molecule has 0 bridgehead atoms. The van der Waals surface area contributed by atoms with E-state index in [1.54, 1.807) is 13.8 Å². The minimum Gasteiger partial charge on any atom is -0.478 e. The van der Waals surface area contributed by atoms with Gasteiger partial charge in [-0.1, -0.05) is 0 Å².